The number of nitrogens with zero attached hydrogens (tertiary/aromatic N) is 3. The number of rotatable bonds is 4. The van der Waals surface area contributed by atoms with Gasteiger partial charge in [-0.15, -0.1) is 0 Å². The van der Waals surface area contributed by atoms with Crippen LogP contribution in [-0.4, -0.2) is 64.8 Å². The van der Waals surface area contributed by atoms with Gasteiger partial charge < -0.3 is 9.80 Å². The predicted octanol–water partition coefficient (Wildman–Crippen LogP) is 3.04. The first-order valence-corrected chi connectivity index (χ1v) is 10.1. The van der Waals surface area contributed by atoms with Crippen molar-refractivity contribution in [1.29, 1.82) is 0 Å². The molecule has 2 saturated heterocycles. The average Bonchev–Trinajstić information content (AvgIpc) is 2.74. The number of hydrogen-bond acceptors (Lipinski definition) is 3. The molecule has 3 rings (SSSR count). The normalized spacial score (nSPS) is 21.9. The van der Waals surface area contributed by atoms with E-state index >= 15 is 0 Å². The molecule has 0 bridgehead atoms. The number of fused-ring (bicyclic) bond motifs is 1. The Bertz CT molecular complexity index is 776. The fourth-order valence-corrected chi connectivity index (χ4v) is 4.09. The zero-order valence-electron chi connectivity index (χ0n) is 16.9. The molecule has 1 aromatic carbocycles. The maximum Gasteiger partial charge on any atom is 0.327 e. The van der Waals surface area contributed by atoms with Crippen LogP contribution in [0.25, 0.3) is 0 Å². The van der Waals surface area contributed by atoms with E-state index in [1.807, 2.05) is 39.8 Å². The second kappa shape index (κ2) is 7.74. The standard InChI is InChI=1S/C21H28ClN3O3/c1-14(2)10-24-19(27)17-11-23(12-21(3,4)13-25(17)20(24)28)18(26)9-15-5-7-16(22)8-6-15/h5-8,14,17H,9-13H2,1-4H3. The first kappa shape index (κ1) is 20.6. The molecule has 6 nitrogen and oxygen atoms in total. The van der Waals surface area contributed by atoms with E-state index in [1.165, 1.54) is 4.90 Å². The van der Waals surface area contributed by atoms with Gasteiger partial charge in [0.25, 0.3) is 5.91 Å². The van der Waals surface area contributed by atoms with E-state index in [9.17, 15) is 14.4 Å². The van der Waals surface area contributed by atoms with Crippen LogP contribution in [0.5, 0.6) is 0 Å². The zero-order chi connectivity index (χ0) is 20.6. The van der Waals surface area contributed by atoms with E-state index in [1.54, 1.807) is 21.9 Å². The van der Waals surface area contributed by atoms with E-state index in [4.69, 9.17) is 11.6 Å². The minimum Gasteiger partial charge on any atom is -0.339 e. The summed E-state index contributed by atoms with van der Waals surface area (Å²) in [5.41, 5.74) is 0.581. The quantitative estimate of drug-likeness (QED) is 0.723. The fraction of sp³-hybridized carbons (Fsp3) is 0.571. The van der Waals surface area contributed by atoms with Gasteiger partial charge in [-0.25, -0.2) is 4.79 Å². The van der Waals surface area contributed by atoms with Crippen molar-refractivity contribution >= 4 is 29.4 Å². The Morgan fingerprint density at radius 3 is 2.43 bits per heavy atom. The van der Waals surface area contributed by atoms with Gasteiger partial charge in [0, 0.05) is 30.1 Å². The number of benzene rings is 1. The van der Waals surface area contributed by atoms with Crippen molar-refractivity contribution in [3.05, 3.63) is 34.9 Å². The van der Waals surface area contributed by atoms with Crippen molar-refractivity contribution in [3.8, 4) is 0 Å². The van der Waals surface area contributed by atoms with Crippen molar-refractivity contribution in [2.24, 2.45) is 11.3 Å². The third-order valence-electron chi connectivity index (χ3n) is 5.18. The van der Waals surface area contributed by atoms with Crippen molar-refractivity contribution in [2.75, 3.05) is 26.2 Å². The highest BCUT2D eigenvalue weighted by molar-refractivity contribution is 6.30. The first-order chi connectivity index (χ1) is 13.1. The van der Waals surface area contributed by atoms with Crippen LogP contribution in [-0.2, 0) is 16.0 Å². The summed E-state index contributed by atoms with van der Waals surface area (Å²) in [5.74, 6) is -0.0346. The number of carbonyl (C=O) groups is 3. The number of halogens is 1. The Balaban J connectivity index is 1.80. The molecule has 2 heterocycles. The molecule has 0 spiro atoms. The molecule has 4 amide bonds. The summed E-state index contributed by atoms with van der Waals surface area (Å²) >= 11 is 5.92. The molecule has 7 heteroatoms. The van der Waals surface area contributed by atoms with Gasteiger partial charge in [-0.2, -0.15) is 0 Å². The molecule has 1 atom stereocenters. The van der Waals surface area contributed by atoms with Crippen LogP contribution in [0.2, 0.25) is 5.02 Å². The molecule has 152 valence electrons. The molecule has 1 unspecified atom stereocenters. The van der Waals surface area contributed by atoms with Gasteiger partial charge in [-0.05, 0) is 23.6 Å². The third-order valence-corrected chi connectivity index (χ3v) is 5.44. The Hall–Kier alpha value is -2.08. The molecule has 2 aliphatic heterocycles. The summed E-state index contributed by atoms with van der Waals surface area (Å²) in [7, 11) is 0. The highest BCUT2D eigenvalue weighted by Crippen LogP contribution is 2.30. The molecule has 1 aromatic rings. The van der Waals surface area contributed by atoms with E-state index < -0.39 is 6.04 Å². The average molecular weight is 406 g/mol. The molecule has 28 heavy (non-hydrogen) atoms. The number of amides is 4. The lowest BCUT2D eigenvalue weighted by Crippen LogP contribution is -2.44. The highest BCUT2D eigenvalue weighted by Gasteiger charge is 2.50. The van der Waals surface area contributed by atoms with Gasteiger partial charge in [-0.3, -0.25) is 14.5 Å². The summed E-state index contributed by atoms with van der Waals surface area (Å²) < 4.78 is 0. The highest BCUT2D eigenvalue weighted by atomic mass is 35.5. The SMILES string of the molecule is CC(C)CN1C(=O)C2CN(C(=O)Cc3ccc(Cl)cc3)CC(C)(C)CN2C1=O. The zero-order valence-corrected chi connectivity index (χ0v) is 17.7. The predicted molar refractivity (Wildman–Crippen MR) is 108 cm³/mol. The van der Waals surface area contributed by atoms with Crippen LogP contribution in [0.1, 0.15) is 33.3 Å². The lowest BCUT2D eigenvalue weighted by Gasteiger charge is -2.31. The van der Waals surface area contributed by atoms with Gasteiger partial charge in [-0.1, -0.05) is 51.4 Å². The second-order valence-corrected chi connectivity index (χ2v) is 9.45. The summed E-state index contributed by atoms with van der Waals surface area (Å²) in [6, 6.07) is 6.38. The number of imide groups is 1. The van der Waals surface area contributed by atoms with E-state index in [-0.39, 0.29) is 42.1 Å². The molecule has 0 N–H and O–H groups in total. The van der Waals surface area contributed by atoms with Crippen LogP contribution in [0.3, 0.4) is 0 Å². The number of urea groups is 1. The van der Waals surface area contributed by atoms with Crippen LogP contribution < -0.4 is 0 Å². The maximum absolute atomic E-state index is 13.0. The molecular weight excluding hydrogens is 378 g/mol. The Morgan fingerprint density at radius 2 is 1.82 bits per heavy atom. The van der Waals surface area contributed by atoms with Gasteiger partial charge in [0.1, 0.15) is 6.04 Å². The molecule has 2 aliphatic rings. The van der Waals surface area contributed by atoms with Crippen LogP contribution in [0.15, 0.2) is 24.3 Å². The minimum atomic E-state index is -0.595. The molecule has 0 saturated carbocycles. The molecule has 0 aliphatic carbocycles. The summed E-state index contributed by atoms with van der Waals surface area (Å²) in [6.07, 6.45) is 0.248. The van der Waals surface area contributed by atoms with Crippen molar-refractivity contribution in [2.45, 2.75) is 40.2 Å². The maximum atomic E-state index is 13.0. The van der Waals surface area contributed by atoms with Crippen molar-refractivity contribution in [3.63, 3.8) is 0 Å². The van der Waals surface area contributed by atoms with Gasteiger partial charge in [0.05, 0.1) is 13.0 Å². The second-order valence-electron chi connectivity index (χ2n) is 9.01. The number of hydrogen-bond donors (Lipinski definition) is 0. The van der Waals surface area contributed by atoms with Crippen LogP contribution in [0.4, 0.5) is 4.79 Å². The van der Waals surface area contributed by atoms with Gasteiger partial charge >= 0.3 is 6.03 Å². The molecular formula is C21H28ClN3O3. The summed E-state index contributed by atoms with van der Waals surface area (Å²) in [6.45, 7) is 9.64. The van der Waals surface area contributed by atoms with Crippen LogP contribution >= 0.6 is 11.6 Å². The fourth-order valence-electron chi connectivity index (χ4n) is 3.96. The van der Waals surface area contributed by atoms with Crippen molar-refractivity contribution in [1.82, 2.24) is 14.7 Å². The number of carbonyl (C=O) groups excluding carboxylic acids is 3. The van der Waals surface area contributed by atoms with E-state index in [2.05, 4.69) is 0 Å². The smallest absolute Gasteiger partial charge is 0.327 e. The summed E-state index contributed by atoms with van der Waals surface area (Å²) in [5, 5.41) is 0.628. The van der Waals surface area contributed by atoms with E-state index in [0.29, 0.717) is 24.7 Å². The largest absolute Gasteiger partial charge is 0.339 e. The monoisotopic (exact) mass is 405 g/mol. The topological polar surface area (TPSA) is 60.9 Å². The third kappa shape index (κ3) is 4.32. The van der Waals surface area contributed by atoms with Crippen molar-refractivity contribution < 1.29 is 14.4 Å². The van der Waals surface area contributed by atoms with E-state index in [0.717, 1.165) is 5.56 Å². The Kier molecular flexibility index (Phi) is 5.71. The Labute approximate surface area is 171 Å². The first-order valence-electron chi connectivity index (χ1n) is 9.71. The molecule has 0 radical (unpaired) electrons. The minimum absolute atomic E-state index is 0.0418. The molecule has 2 fully saturated rings. The lowest BCUT2D eigenvalue weighted by atomic mass is 9.92. The summed E-state index contributed by atoms with van der Waals surface area (Å²) in [4.78, 5) is 43.5. The molecule has 0 aromatic heterocycles. The lowest BCUT2D eigenvalue weighted by molar-refractivity contribution is -0.133. The van der Waals surface area contributed by atoms with Gasteiger partial charge in [0.15, 0.2) is 0 Å². The Morgan fingerprint density at radius 1 is 1.18 bits per heavy atom. The van der Waals surface area contributed by atoms with Crippen LogP contribution in [0, 0.1) is 11.3 Å². The van der Waals surface area contributed by atoms with Gasteiger partial charge in [0.2, 0.25) is 5.91 Å².